The van der Waals surface area contributed by atoms with Crippen molar-refractivity contribution in [3.05, 3.63) is 54.4 Å². The van der Waals surface area contributed by atoms with E-state index in [1.807, 2.05) is 18.2 Å². The van der Waals surface area contributed by atoms with Gasteiger partial charge in [-0.25, -0.2) is 0 Å². The summed E-state index contributed by atoms with van der Waals surface area (Å²) >= 11 is 1.21. The van der Waals surface area contributed by atoms with E-state index in [-0.39, 0.29) is 0 Å². The van der Waals surface area contributed by atoms with Gasteiger partial charge >= 0.3 is 5.97 Å². The summed E-state index contributed by atoms with van der Waals surface area (Å²) < 4.78 is 0. The van der Waals surface area contributed by atoms with E-state index in [2.05, 4.69) is 4.98 Å². The number of carboxylic acids is 1. The van der Waals surface area contributed by atoms with Crippen molar-refractivity contribution >= 4 is 23.4 Å². The van der Waals surface area contributed by atoms with Crippen molar-refractivity contribution in [1.29, 1.82) is 0 Å². The minimum absolute atomic E-state index is 0.490. The fraction of sp³-hybridized carbons (Fsp3) is 0.0769. The monoisotopic (exact) mass is 260 g/mol. The molecule has 18 heavy (non-hydrogen) atoms. The molecule has 0 radical (unpaired) electrons. The SMILES string of the molecule is Nc1cnccc1SC(C(=O)O)c1ccccc1. The number of carbonyl (C=O) groups is 1. The summed E-state index contributed by atoms with van der Waals surface area (Å²) in [6.45, 7) is 0. The van der Waals surface area contributed by atoms with Crippen molar-refractivity contribution < 1.29 is 9.90 Å². The quantitative estimate of drug-likeness (QED) is 0.826. The van der Waals surface area contributed by atoms with Crippen molar-refractivity contribution in [1.82, 2.24) is 4.98 Å². The average molecular weight is 260 g/mol. The zero-order valence-electron chi connectivity index (χ0n) is 9.48. The van der Waals surface area contributed by atoms with Crippen LogP contribution in [0.2, 0.25) is 0 Å². The van der Waals surface area contributed by atoms with E-state index in [9.17, 15) is 9.90 Å². The zero-order valence-corrected chi connectivity index (χ0v) is 10.3. The first-order chi connectivity index (χ1) is 8.68. The Hall–Kier alpha value is -2.01. The van der Waals surface area contributed by atoms with Gasteiger partial charge in [-0.05, 0) is 11.6 Å². The standard InChI is InChI=1S/C13H12N2O2S/c14-10-8-15-7-6-11(10)18-12(13(16)17)9-4-2-1-3-5-9/h1-8,12H,14H2,(H,16,17). The minimum atomic E-state index is -0.887. The van der Waals surface area contributed by atoms with E-state index in [4.69, 9.17) is 5.73 Å². The Balaban J connectivity index is 2.28. The Bertz CT molecular complexity index is 546. The molecular formula is C13H12N2O2S. The molecule has 0 aliphatic carbocycles. The van der Waals surface area contributed by atoms with E-state index in [0.29, 0.717) is 5.69 Å². The first-order valence-corrected chi connectivity index (χ1v) is 6.20. The third kappa shape index (κ3) is 2.81. The van der Waals surface area contributed by atoms with Crippen LogP contribution in [0.25, 0.3) is 0 Å². The molecule has 0 saturated heterocycles. The molecule has 0 spiro atoms. The summed E-state index contributed by atoms with van der Waals surface area (Å²) in [6, 6.07) is 10.8. The third-order valence-electron chi connectivity index (χ3n) is 2.38. The molecule has 0 bridgehead atoms. The maximum atomic E-state index is 11.3. The normalized spacial score (nSPS) is 12.0. The molecule has 1 aromatic heterocycles. The first-order valence-electron chi connectivity index (χ1n) is 5.32. The van der Waals surface area contributed by atoms with Crippen LogP contribution < -0.4 is 5.73 Å². The molecule has 1 heterocycles. The summed E-state index contributed by atoms with van der Waals surface area (Å²) in [4.78, 5) is 15.9. The number of thioether (sulfide) groups is 1. The van der Waals surface area contributed by atoms with E-state index >= 15 is 0 Å². The number of aromatic nitrogens is 1. The number of aliphatic carboxylic acids is 1. The van der Waals surface area contributed by atoms with Crippen LogP contribution in [-0.4, -0.2) is 16.1 Å². The minimum Gasteiger partial charge on any atom is -0.480 e. The first kappa shape index (κ1) is 12.4. The number of anilines is 1. The molecule has 2 rings (SSSR count). The highest BCUT2D eigenvalue weighted by molar-refractivity contribution is 8.00. The molecule has 0 fully saturated rings. The Morgan fingerprint density at radius 2 is 2.00 bits per heavy atom. The summed E-state index contributed by atoms with van der Waals surface area (Å²) in [7, 11) is 0. The Morgan fingerprint density at radius 3 is 2.61 bits per heavy atom. The smallest absolute Gasteiger partial charge is 0.321 e. The lowest BCUT2D eigenvalue weighted by Crippen LogP contribution is -2.08. The molecule has 5 heteroatoms. The topological polar surface area (TPSA) is 76.2 Å². The van der Waals surface area contributed by atoms with Crippen molar-refractivity contribution in [2.24, 2.45) is 0 Å². The lowest BCUT2D eigenvalue weighted by Gasteiger charge is -2.13. The Kier molecular flexibility index (Phi) is 3.84. The van der Waals surface area contributed by atoms with Crippen LogP contribution in [0, 0.1) is 0 Å². The fourth-order valence-corrected chi connectivity index (χ4v) is 2.49. The van der Waals surface area contributed by atoms with E-state index in [1.165, 1.54) is 18.0 Å². The second-order valence-corrected chi connectivity index (χ2v) is 4.81. The van der Waals surface area contributed by atoms with Crippen molar-refractivity contribution in [2.75, 3.05) is 5.73 Å². The highest BCUT2D eigenvalue weighted by Gasteiger charge is 2.21. The zero-order chi connectivity index (χ0) is 13.0. The highest BCUT2D eigenvalue weighted by Crippen LogP contribution is 2.37. The number of benzene rings is 1. The second kappa shape index (κ2) is 5.55. The van der Waals surface area contributed by atoms with Gasteiger partial charge in [-0.1, -0.05) is 30.3 Å². The molecule has 0 amide bonds. The Morgan fingerprint density at radius 1 is 1.28 bits per heavy atom. The van der Waals surface area contributed by atoms with E-state index in [0.717, 1.165) is 10.5 Å². The molecule has 1 atom stereocenters. The van der Waals surface area contributed by atoms with Crippen LogP contribution in [0.3, 0.4) is 0 Å². The lowest BCUT2D eigenvalue weighted by molar-refractivity contribution is -0.136. The molecule has 2 aromatic rings. The van der Waals surface area contributed by atoms with Crippen LogP contribution in [0.15, 0.2) is 53.7 Å². The summed E-state index contributed by atoms with van der Waals surface area (Å²) in [5.41, 5.74) is 7.00. The van der Waals surface area contributed by atoms with Crippen molar-refractivity contribution in [3.8, 4) is 0 Å². The Labute approximate surface area is 109 Å². The molecule has 1 unspecified atom stereocenters. The number of hydrogen-bond acceptors (Lipinski definition) is 4. The van der Waals surface area contributed by atoms with Gasteiger partial charge in [0.2, 0.25) is 0 Å². The van der Waals surface area contributed by atoms with Gasteiger partial charge in [0.05, 0.1) is 11.9 Å². The maximum Gasteiger partial charge on any atom is 0.321 e. The van der Waals surface area contributed by atoms with Crippen LogP contribution in [0.4, 0.5) is 5.69 Å². The van der Waals surface area contributed by atoms with Gasteiger partial charge in [-0.15, -0.1) is 11.8 Å². The largest absolute Gasteiger partial charge is 0.480 e. The van der Waals surface area contributed by atoms with Gasteiger partial charge in [0.15, 0.2) is 0 Å². The fourth-order valence-electron chi connectivity index (χ4n) is 1.52. The molecule has 0 saturated carbocycles. The van der Waals surface area contributed by atoms with Gasteiger partial charge in [0.1, 0.15) is 5.25 Å². The van der Waals surface area contributed by atoms with E-state index in [1.54, 1.807) is 24.4 Å². The number of carboxylic acid groups (broad SMARTS) is 1. The van der Waals surface area contributed by atoms with Gasteiger partial charge in [0, 0.05) is 11.1 Å². The summed E-state index contributed by atoms with van der Waals surface area (Å²) in [5, 5.41) is 8.63. The van der Waals surface area contributed by atoms with Gasteiger partial charge < -0.3 is 10.8 Å². The lowest BCUT2D eigenvalue weighted by atomic mass is 10.1. The molecule has 0 aliphatic rings. The van der Waals surface area contributed by atoms with Crippen molar-refractivity contribution in [3.63, 3.8) is 0 Å². The summed E-state index contributed by atoms with van der Waals surface area (Å²) in [5.74, 6) is -0.887. The van der Waals surface area contributed by atoms with Gasteiger partial charge in [-0.3, -0.25) is 9.78 Å². The molecule has 4 nitrogen and oxygen atoms in total. The average Bonchev–Trinajstić information content (AvgIpc) is 2.38. The predicted molar refractivity (Wildman–Crippen MR) is 71.3 cm³/mol. The van der Waals surface area contributed by atoms with Crippen LogP contribution in [0.1, 0.15) is 10.8 Å². The third-order valence-corrected chi connectivity index (χ3v) is 3.72. The number of nitrogens with two attached hydrogens (primary N) is 1. The van der Waals surface area contributed by atoms with Crippen LogP contribution in [0.5, 0.6) is 0 Å². The number of pyridine rings is 1. The van der Waals surface area contributed by atoms with Gasteiger partial charge in [0.25, 0.3) is 0 Å². The van der Waals surface area contributed by atoms with Crippen LogP contribution >= 0.6 is 11.8 Å². The number of rotatable bonds is 4. The maximum absolute atomic E-state index is 11.3. The second-order valence-electron chi connectivity index (χ2n) is 3.66. The summed E-state index contributed by atoms with van der Waals surface area (Å²) in [6.07, 6.45) is 3.12. The number of nitrogens with zero attached hydrogens (tertiary/aromatic N) is 1. The van der Waals surface area contributed by atoms with Crippen molar-refractivity contribution in [2.45, 2.75) is 10.1 Å². The predicted octanol–water partition coefficient (Wildman–Crippen LogP) is 2.58. The number of hydrogen-bond donors (Lipinski definition) is 2. The molecule has 92 valence electrons. The number of nitrogen functional groups attached to an aromatic ring is 1. The highest BCUT2D eigenvalue weighted by atomic mass is 32.2. The molecular weight excluding hydrogens is 248 g/mol. The van der Waals surface area contributed by atoms with Crippen LogP contribution in [-0.2, 0) is 4.79 Å². The molecule has 1 aromatic carbocycles. The van der Waals surface area contributed by atoms with Gasteiger partial charge in [-0.2, -0.15) is 0 Å². The molecule has 3 N–H and O–H groups in total. The molecule has 0 aliphatic heterocycles. The van der Waals surface area contributed by atoms with E-state index < -0.39 is 11.2 Å².